The molecule has 182 valence electrons. The molecule has 0 fully saturated rings. The van der Waals surface area contributed by atoms with Crippen LogP contribution in [0.3, 0.4) is 0 Å². The van der Waals surface area contributed by atoms with Crippen LogP contribution in [-0.4, -0.2) is 32.0 Å². The number of hydrogen-bond donors (Lipinski definition) is 3. The standard InChI is InChI=1S/C22H18ClF6N3O2/c1-8-30-6-10-13(5-12(24)16(26)17(10)31-8)32-19-9-4-11(23)15(25)18(33)14(9)20(2,3)7-21(19,34)22(27,28)29/h4-6,19,32-34H,7H2,1-3H3. The summed E-state index contributed by atoms with van der Waals surface area (Å²) in [4.78, 5) is 7.71. The molecule has 3 N–H and O–H groups in total. The van der Waals surface area contributed by atoms with Crippen molar-refractivity contribution in [3.8, 4) is 5.75 Å². The van der Waals surface area contributed by atoms with Crippen LogP contribution in [0.5, 0.6) is 5.75 Å². The third-order valence-corrected chi connectivity index (χ3v) is 6.36. The van der Waals surface area contributed by atoms with E-state index in [4.69, 9.17) is 11.6 Å². The Morgan fingerprint density at radius 1 is 1.15 bits per heavy atom. The molecule has 0 aliphatic heterocycles. The molecule has 0 bridgehead atoms. The number of hydrogen-bond acceptors (Lipinski definition) is 5. The van der Waals surface area contributed by atoms with Gasteiger partial charge in [-0.3, -0.25) is 0 Å². The van der Waals surface area contributed by atoms with Crippen molar-refractivity contribution in [1.29, 1.82) is 0 Å². The van der Waals surface area contributed by atoms with Crippen LogP contribution < -0.4 is 5.32 Å². The van der Waals surface area contributed by atoms with Crippen molar-refractivity contribution in [2.75, 3.05) is 5.32 Å². The van der Waals surface area contributed by atoms with E-state index in [1.54, 1.807) is 0 Å². The maximum Gasteiger partial charge on any atom is 0.419 e. The SMILES string of the molecule is Cc1ncc2c(NC3c4cc(Cl)c(F)c(O)c4C(C)(C)CC3(O)C(F)(F)F)cc(F)c(F)c2n1. The molecule has 0 radical (unpaired) electrons. The van der Waals surface area contributed by atoms with Gasteiger partial charge < -0.3 is 15.5 Å². The number of aromatic nitrogens is 2. The van der Waals surface area contributed by atoms with Crippen LogP contribution in [0.25, 0.3) is 10.9 Å². The number of phenolic OH excluding ortho intramolecular Hbond substituents is 1. The van der Waals surface area contributed by atoms with Gasteiger partial charge in [0.15, 0.2) is 28.8 Å². The molecule has 12 heteroatoms. The fraction of sp³-hybridized carbons (Fsp3) is 0.364. The minimum atomic E-state index is -5.22. The quantitative estimate of drug-likeness (QED) is 0.381. The van der Waals surface area contributed by atoms with E-state index in [0.717, 1.165) is 12.3 Å². The van der Waals surface area contributed by atoms with E-state index >= 15 is 0 Å². The number of anilines is 1. The largest absolute Gasteiger partial charge is 0.505 e. The van der Waals surface area contributed by atoms with E-state index in [-0.39, 0.29) is 28.0 Å². The normalized spacial score (nSPS) is 22.0. The lowest BCUT2D eigenvalue weighted by atomic mass is 9.63. The van der Waals surface area contributed by atoms with Gasteiger partial charge in [0, 0.05) is 28.9 Å². The number of aromatic hydroxyl groups is 1. The fourth-order valence-electron chi connectivity index (χ4n) is 4.64. The lowest BCUT2D eigenvalue weighted by molar-refractivity contribution is -0.276. The summed E-state index contributed by atoms with van der Waals surface area (Å²) in [5.74, 6) is -4.83. The molecule has 1 aromatic heterocycles. The first-order valence-corrected chi connectivity index (χ1v) is 10.3. The number of aryl methyl sites for hydroxylation is 1. The third-order valence-electron chi connectivity index (χ3n) is 6.08. The highest BCUT2D eigenvalue weighted by Crippen LogP contribution is 2.57. The molecule has 2 aromatic carbocycles. The first kappa shape index (κ1) is 24.3. The Bertz CT molecular complexity index is 1330. The molecule has 1 aliphatic carbocycles. The van der Waals surface area contributed by atoms with Gasteiger partial charge in [-0.05, 0) is 30.4 Å². The molecule has 1 aliphatic rings. The van der Waals surface area contributed by atoms with Crippen LogP contribution in [0.4, 0.5) is 32.0 Å². The van der Waals surface area contributed by atoms with Crippen LogP contribution in [0.1, 0.15) is 43.3 Å². The fourth-order valence-corrected chi connectivity index (χ4v) is 4.85. The van der Waals surface area contributed by atoms with Gasteiger partial charge in [-0.25, -0.2) is 23.1 Å². The van der Waals surface area contributed by atoms with Crippen molar-refractivity contribution in [2.45, 2.75) is 50.4 Å². The number of nitrogens with one attached hydrogen (secondary N) is 1. The van der Waals surface area contributed by atoms with Crippen LogP contribution in [-0.2, 0) is 5.41 Å². The van der Waals surface area contributed by atoms with Crippen LogP contribution in [0, 0.1) is 24.4 Å². The molecule has 34 heavy (non-hydrogen) atoms. The van der Waals surface area contributed by atoms with Gasteiger partial charge in [-0.2, -0.15) is 13.2 Å². The van der Waals surface area contributed by atoms with Crippen LogP contribution in [0.15, 0.2) is 18.3 Å². The second kappa shape index (κ2) is 7.61. The summed E-state index contributed by atoms with van der Waals surface area (Å²) in [6.45, 7) is 4.02. The van der Waals surface area contributed by atoms with Crippen molar-refractivity contribution in [3.63, 3.8) is 0 Å². The van der Waals surface area contributed by atoms with Gasteiger partial charge in [-0.15, -0.1) is 0 Å². The van der Waals surface area contributed by atoms with Crippen LogP contribution in [0.2, 0.25) is 5.02 Å². The van der Waals surface area contributed by atoms with Gasteiger partial charge in [0.1, 0.15) is 11.3 Å². The Morgan fingerprint density at radius 3 is 2.41 bits per heavy atom. The van der Waals surface area contributed by atoms with E-state index in [2.05, 4.69) is 15.3 Å². The molecule has 5 nitrogen and oxygen atoms in total. The zero-order valence-electron chi connectivity index (χ0n) is 18.0. The van der Waals surface area contributed by atoms with Crippen molar-refractivity contribution in [3.05, 3.63) is 57.8 Å². The number of phenols is 1. The maximum atomic E-state index is 14.4. The van der Waals surface area contributed by atoms with E-state index in [1.165, 1.54) is 20.8 Å². The lowest BCUT2D eigenvalue weighted by Crippen LogP contribution is -2.58. The maximum absolute atomic E-state index is 14.4. The molecule has 0 amide bonds. The Kier molecular flexibility index (Phi) is 5.45. The van der Waals surface area contributed by atoms with Crippen molar-refractivity contribution in [1.82, 2.24) is 9.97 Å². The molecule has 0 saturated carbocycles. The Morgan fingerprint density at radius 2 is 1.79 bits per heavy atom. The zero-order valence-corrected chi connectivity index (χ0v) is 18.7. The highest BCUT2D eigenvalue weighted by atomic mass is 35.5. The summed E-state index contributed by atoms with van der Waals surface area (Å²) < 4.78 is 86.0. The predicted molar refractivity (Wildman–Crippen MR) is 112 cm³/mol. The highest BCUT2D eigenvalue weighted by Gasteiger charge is 2.64. The molecule has 3 aromatic rings. The number of alkyl halides is 3. The Balaban J connectivity index is 2.03. The summed E-state index contributed by atoms with van der Waals surface area (Å²) in [7, 11) is 0. The predicted octanol–water partition coefficient (Wildman–Crippen LogP) is 5.84. The molecular formula is C22H18ClF6N3O2. The van der Waals surface area contributed by atoms with Gasteiger partial charge in [0.05, 0.1) is 11.1 Å². The van der Waals surface area contributed by atoms with E-state index in [1.807, 2.05) is 0 Å². The molecule has 2 unspecified atom stereocenters. The van der Waals surface area contributed by atoms with Gasteiger partial charge in [-0.1, -0.05) is 25.4 Å². The van der Waals surface area contributed by atoms with Crippen LogP contribution >= 0.6 is 11.6 Å². The summed E-state index contributed by atoms with van der Waals surface area (Å²) in [6.07, 6.45) is -5.12. The number of benzene rings is 2. The Labute approximate surface area is 194 Å². The monoisotopic (exact) mass is 505 g/mol. The molecule has 0 spiro atoms. The number of rotatable bonds is 2. The van der Waals surface area contributed by atoms with Gasteiger partial charge in [0.25, 0.3) is 0 Å². The van der Waals surface area contributed by atoms with E-state index < -0.39 is 63.4 Å². The summed E-state index contributed by atoms with van der Waals surface area (Å²) in [5, 5.41) is 23.0. The first-order chi connectivity index (χ1) is 15.6. The van der Waals surface area contributed by atoms with E-state index in [0.29, 0.717) is 6.07 Å². The average Bonchev–Trinajstić information content (AvgIpc) is 2.71. The van der Waals surface area contributed by atoms with Crippen molar-refractivity contribution < 1.29 is 36.6 Å². The molecule has 0 saturated heterocycles. The van der Waals surface area contributed by atoms with Gasteiger partial charge >= 0.3 is 6.18 Å². The summed E-state index contributed by atoms with van der Waals surface area (Å²) >= 11 is 5.82. The smallest absolute Gasteiger partial charge is 0.419 e. The third kappa shape index (κ3) is 3.52. The second-order valence-electron chi connectivity index (χ2n) is 8.94. The molecule has 4 rings (SSSR count). The summed E-state index contributed by atoms with van der Waals surface area (Å²) in [5.41, 5.74) is -6.43. The zero-order chi connectivity index (χ0) is 25.4. The molecule has 1 heterocycles. The number of nitrogens with zero attached hydrogens (tertiary/aromatic N) is 2. The van der Waals surface area contributed by atoms with E-state index in [9.17, 15) is 36.6 Å². The number of halogens is 7. The van der Waals surface area contributed by atoms with Crippen molar-refractivity contribution >= 4 is 28.2 Å². The molecule has 2 atom stereocenters. The molecular weight excluding hydrogens is 488 g/mol. The summed E-state index contributed by atoms with van der Waals surface area (Å²) in [6, 6.07) is -0.615. The highest BCUT2D eigenvalue weighted by molar-refractivity contribution is 6.31. The topological polar surface area (TPSA) is 78.3 Å². The number of aliphatic hydroxyl groups is 1. The second-order valence-corrected chi connectivity index (χ2v) is 9.35. The number of fused-ring (bicyclic) bond motifs is 2. The first-order valence-electron chi connectivity index (χ1n) is 9.97. The van der Waals surface area contributed by atoms with Gasteiger partial charge in [0.2, 0.25) is 0 Å². The Hall–Kier alpha value is -2.79. The van der Waals surface area contributed by atoms with Crippen molar-refractivity contribution in [2.24, 2.45) is 0 Å². The minimum Gasteiger partial charge on any atom is -0.505 e. The minimum absolute atomic E-state index is 0.0895. The average molecular weight is 506 g/mol. The lowest BCUT2D eigenvalue weighted by Gasteiger charge is -2.49.